The molecule has 0 bridgehead atoms. The monoisotopic (exact) mass is 364 g/mol. The Morgan fingerprint density at radius 2 is 1.81 bits per heavy atom. The summed E-state index contributed by atoms with van der Waals surface area (Å²) in [5.74, 6) is -1.23. The van der Waals surface area contributed by atoms with Crippen LogP contribution in [0.2, 0.25) is 0 Å². The predicted octanol–water partition coefficient (Wildman–Crippen LogP) is -1.31. The molecule has 0 spiro atoms. The normalized spacial score (nSPS) is 11.1. The fraction of sp³-hybridized carbons (Fsp3) is 0.412. The summed E-state index contributed by atoms with van der Waals surface area (Å²) in [5.41, 5.74) is 0.880. The highest BCUT2D eigenvalue weighted by Crippen LogP contribution is 2.03. The molecule has 9 heteroatoms. The minimum absolute atomic E-state index is 0.147. The van der Waals surface area contributed by atoms with Crippen molar-refractivity contribution in [3.05, 3.63) is 35.9 Å². The number of rotatable bonds is 12. The Kier molecular flexibility index (Phi) is 10.1. The third-order valence-electron chi connectivity index (χ3n) is 3.27. The van der Waals surface area contributed by atoms with Crippen LogP contribution < -0.4 is 21.3 Å². The molecule has 4 N–H and O–H groups in total. The SMILES string of the molecule is CCNC(=O)COCNC(=O)CNC(=O)C(Cc1ccccc1)NC=O. The highest BCUT2D eigenvalue weighted by Gasteiger charge is 2.18. The molecule has 0 radical (unpaired) electrons. The van der Waals surface area contributed by atoms with Crippen molar-refractivity contribution in [3.8, 4) is 0 Å². The fourth-order valence-corrected chi connectivity index (χ4v) is 2.04. The number of hydrogen-bond donors (Lipinski definition) is 4. The molecule has 0 saturated carbocycles. The Morgan fingerprint density at radius 3 is 2.46 bits per heavy atom. The van der Waals surface area contributed by atoms with Gasteiger partial charge in [-0.3, -0.25) is 19.2 Å². The van der Waals surface area contributed by atoms with E-state index >= 15 is 0 Å². The maximum atomic E-state index is 12.1. The molecule has 1 aromatic rings. The summed E-state index contributed by atoms with van der Waals surface area (Å²) >= 11 is 0. The lowest BCUT2D eigenvalue weighted by Crippen LogP contribution is -2.48. The highest BCUT2D eigenvalue weighted by molar-refractivity contribution is 5.88. The molecule has 0 heterocycles. The Balaban J connectivity index is 2.31. The van der Waals surface area contributed by atoms with E-state index in [1.54, 1.807) is 6.92 Å². The van der Waals surface area contributed by atoms with Crippen molar-refractivity contribution >= 4 is 24.1 Å². The third-order valence-corrected chi connectivity index (χ3v) is 3.27. The van der Waals surface area contributed by atoms with E-state index < -0.39 is 17.9 Å². The van der Waals surface area contributed by atoms with Crippen molar-refractivity contribution in [2.45, 2.75) is 19.4 Å². The van der Waals surface area contributed by atoms with Gasteiger partial charge in [0.05, 0.1) is 6.54 Å². The van der Waals surface area contributed by atoms with Crippen LogP contribution in [0.1, 0.15) is 12.5 Å². The lowest BCUT2D eigenvalue weighted by atomic mass is 10.1. The van der Waals surface area contributed by atoms with Crippen LogP contribution in [0.4, 0.5) is 0 Å². The van der Waals surface area contributed by atoms with Gasteiger partial charge in [-0.15, -0.1) is 0 Å². The Labute approximate surface area is 151 Å². The van der Waals surface area contributed by atoms with E-state index in [-0.39, 0.29) is 25.8 Å². The van der Waals surface area contributed by atoms with Crippen LogP contribution in [0.3, 0.4) is 0 Å². The van der Waals surface area contributed by atoms with Crippen LogP contribution in [0.15, 0.2) is 30.3 Å². The summed E-state index contributed by atoms with van der Waals surface area (Å²) in [6.07, 6.45) is 0.755. The summed E-state index contributed by atoms with van der Waals surface area (Å²) in [4.78, 5) is 45.6. The smallest absolute Gasteiger partial charge is 0.246 e. The van der Waals surface area contributed by atoms with Crippen molar-refractivity contribution in [1.29, 1.82) is 0 Å². The average molecular weight is 364 g/mol. The van der Waals surface area contributed by atoms with Crippen molar-refractivity contribution in [1.82, 2.24) is 21.3 Å². The molecule has 142 valence electrons. The number of nitrogens with one attached hydrogen (secondary N) is 4. The molecule has 1 atom stereocenters. The van der Waals surface area contributed by atoms with Crippen molar-refractivity contribution < 1.29 is 23.9 Å². The standard InChI is InChI=1S/C17H24N4O5/c1-2-18-16(24)10-26-12-21-15(23)9-19-17(25)14(20-11-22)8-13-6-4-3-5-7-13/h3-7,11,14H,2,8-10,12H2,1H3,(H,18,24)(H,19,25)(H,20,22)(H,21,23). The number of ether oxygens (including phenoxy) is 1. The average Bonchev–Trinajstić information content (AvgIpc) is 2.64. The number of hydrogen-bond acceptors (Lipinski definition) is 5. The molecule has 0 saturated heterocycles. The zero-order chi connectivity index (χ0) is 19.2. The molecule has 0 aliphatic heterocycles. The van der Waals surface area contributed by atoms with E-state index in [9.17, 15) is 19.2 Å². The van der Waals surface area contributed by atoms with Crippen LogP contribution in [0.5, 0.6) is 0 Å². The maximum Gasteiger partial charge on any atom is 0.246 e. The van der Waals surface area contributed by atoms with E-state index in [4.69, 9.17) is 4.74 Å². The van der Waals surface area contributed by atoms with Gasteiger partial charge >= 0.3 is 0 Å². The number of amides is 4. The third kappa shape index (κ3) is 8.78. The summed E-state index contributed by atoms with van der Waals surface area (Å²) in [6, 6.07) is 8.41. The molecule has 0 aliphatic rings. The Bertz CT molecular complexity index is 594. The van der Waals surface area contributed by atoms with Crippen molar-refractivity contribution in [2.75, 3.05) is 26.4 Å². The summed E-state index contributed by atoms with van der Waals surface area (Å²) in [6.45, 7) is 1.70. The molecule has 0 aliphatic carbocycles. The van der Waals surface area contributed by atoms with E-state index in [1.807, 2.05) is 30.3 Å². The molecular weight excluding hydrogens is 340 g/mol. The van der Waals surface area contributed by atoms with E-state index in [1.165, 1.54) is 0 Å². The van der Waals surface area contributed by atoms with Gasteiger partial charge in [-0.05, 0) is 12.5 Å². The number of carbonyl (C=O) groups is 4. The zero-order valence-electron chi connectivity index (χ0n) is 14.6. The van der Waals surface area contributed by atoms with E-state index in [0.717, 1.165) is 5.56 Å². The highest BCUT2D eigenvalue weighted by atomic mass is 16.5. The lowest BCUT2D eigenvalue weighted by Gasteiger charge is -2.16. The van der Waals surface area contributed by atoms with Crippen LogP contribution in [0.25, 0.3) is 0 Å². The molecular formula is C17H24N4O5. The van der Waals surface area contributed by atoms with Gasteiger partial charge in [0.1, 0.15) is 19.4 Å². The van der Waals surface area contributed by atoms with Crippen LogP contribution >= 0.6 is 0 Å². The van der Waals surface area contributed by atoms with Crippen LogP contribution in [-0.4, -0.2) is 56.6 Å². The molecule has 1 rings (SSSR count). The molecule has 1 aromatic carbocycles. The van der Waals surface area contributed by atoms with Gasteiger partial charge in [-0.25, -0.2) is 0 Å². The Morgan fingerprint density at radius 1 is 1.08 bits per heavy atom. The first kappa shape index (κ1) is 21.1. The molecule has 0 aromatic heterocycles. The summed E-state index contributed by atoms with van der Waals surface area (Å²) in [5, 5.41) is 9.85. The number of benzene rings is 1. The van der Waals surface area contributed by atoms with Gasteiger partial charge in [-0.2, -0.15) is 0 Å². The van der Waals surface area contributed by atoms with Gasteiger partial charge < -0.3 is 26.0 Å². The molecule has 9 nitrogen and oxygen atoms in total. The Hall–Kier alpha value is -2.94. The number of carbonyl (C=O) groups excluding carboxylic acids is 4. The summed E-state index contributed by atoms with van der Waals surface area (Å²) in [7, 11) is 0. The first-order valence-corrected chi connectivity index (χ1v) is 8.19. The van der Waals surface area contributed by atoms with Gasteiger partial charge in [0.25, 0.3) is 0 Å². The topological polar surface area (TPSA) is 126 Å². The quantitative estimate of drug-likeness (QED) is 0.208. The second-order valence-electron chi connectivity index (χ2n) is 5.29. The molecule has 1 unspecified atom stereocenters. The first-order chi connectivity index (χ1) is 12.6. The van der Waals surface area contributed by atoms with Gasteiger partial charge in [-0.1, -0.05) is 30.3 Å². The van der Waals surface area contributed by atoms with Crippen molar-refractivity contribution in [2.24, 2.45) is 0 Å². The molecule has 26 heavy (non-hydrogen) atoms. The lowest BCUT2D eigenvalue weighted by molar-refractivity contribution is -0.130. The maximum absolute atomic E-state index is 12.1. The van der Waals surface area contributed by atoms with E-state index in [0.29, 0.717) is 19.4 Å². The summed E-state index contributed by atoms with van der Waals surface area (Å²) < 4.78 is 4.98. The minimum atomic E-state index is -0.781. The first-order valence-electron chi connectivity index (χ1n) is 8.19. The van der Waals surface area contributed by atoms with E-state index in [2.05, 4.69) is 21.3 Å². The van der Waals surface area contributed by atoms with Gasteiger partial charge in [0.2, 0.25) is 24.1 Å². The van der Waals surface area contributed by atoms with Gasteiger partial charge in [0.15, 0.2) is 0 Å². The zero-order valence-corrected chi connectivity index (χ0v) is 14.6. The molecule has 0 fully saturated rings. The largest absolute Gasteiger partial charge is 0.354 e. The molecule has 4 amide bonds. The minimum Gasteiger partial charge on any atom is -0.354 e. The number of likely N-dealkylation sites (N-methyl/N-ethyl adjacent to an activating group) is 1. The van der Waals surface area contributed by atoms with Crippen LogP contribution in [-0.2, 0) is 30.3 Å². The van der Waals surface area contributed by atoms with Crippen LogP contribution in [0, 0.1) is 0 Å². The fourth-order valence-electron chi connectivity index (χ4n) is 2.04. The second-order valence-corrected chi connectivity index (χ2v) is 5.29. The van der Waals surface area contributed by atoms with Gasteiger partial charge in [0, 0.05) is 13.0 Å². The predicted molar refractivity (Wildman–Crippen MR) is 93.8 cm³/mol. The second kappa shape index (κ2) is 12.4. The van der Waals surface area contributed by atoms with Crippen molar-refractivity contribution in [3.63, 3.8) is 0 Å².